The standard InChI is InChI=1S/C14H25N3/c1-3-15-13(12-7-5-4-6-8-12)11-14-16-9-10-17(14)2/h9-10,12-13,15H,3-8,11H2,1-2H3. The van der Waals surface area contributed by atoms with Crippen molar-refractivity contribution >= 4 is 0 Å². The van der Waals surface area contributed by atoms with Gasteiger partial charge in [0.2, 0.25) is 0 Å². The second-order valence-electron chi connectivity index (χ2n) is 5.22. The van der Waals surface area contributed by atoms with Gasteiger partial charge < -0.3 is 9.88 Å². The summed E-state index contributed by atoms with van der Waals surface area (Å²) in [5.74, 6) is 2.06. The fourth-order valence-corrected chi connectivity index (χ4v) is 2.99. The second-order valence-corrected chi connectivity index (χ2v) is 5.22. The maximum Gasteiger partial charge on any atom is 0.109 e. The first-order valence-electron chi connectivity index (χ1n) is 7.01. The van der Waals surface area contributed by atoms with Crippen LogP contribution in [0.3, 0.4) is 0 Å². The zero-order valence-electron chi connectivity index (χ0n) is 11.2. The molecule has 1 saturated carbocycles. The summed E-state index contributed by atoms with van der Waals surface area (Å²) in [4.78, 5) is 4.46. The normalized spacial score (nSPS) is 19.4. The van der Waals surface area contributed by atoms with Crippen molar-refractivity contribution < 1.29 is 0 Å². The van der Waals surface area contributed by atoms with Gasteiger partial charge in [0.15, 0.2) is 0 Å². The van der Waals surface area contributed by atoms with E-state index in [1.54, 1.807) is 0 Å². The number of rotatable bonds is 5. The zero-order chi connectivity index (χ0) is 12.1. The fraction of sp³-hybridized carbons (Fsp3) is 0.786. The van der Waals surface area contributed by atoms with E-state index in [1.165, 1.54) is 37.9 Å². The lowest BCUT2D eigenvalue weighted by molar-refractivity contribution is 0.266. The molecule has 3 nitrogen and oxygen atoms in total. The Labute approximate surface area is 105 Å². The van der Waals surface area contributed by atoms with Crippen molar-refractivity contribution in [2.24, 2.45) is 13.0 Å². The molecule has 0 bridgehead atoms. The first kappa shape index (κ1) is 12.6. The molecule has 0 saturated heterocycles. The van der Waals surface area contributed by atoms with Crippen LogP contribution in [0.2, 0.25) is 0 Å². The number of nitrogens with zero attached hydrogens (tertiary/aromatic N) is 2. The number of imidazole rings is 1. The highest BCUT2D eigenvalue weighted by molar-refractivity contribution is 4.96. The fourth-order valence-electron chi connectivity index (χ4n) is 2.99. The first-order valence-corrected chi connectivity index (χ1v) is 7.01. The summed E-state index contributed by atoms with van der Waals surface area (Å²) in [5.41, 5.74) is 0. The molecule has 1 fully saturated rings. The topological polar surface area (TPSA) is 29.9 Å². The van der Waals surface area contributed by atoms with Crippen molar-refractivity contribution in [1.82, 2.24) is 14.9 Å². The third-order valence-corrected chi connectivity index (χ3v) is 4.01. The van der Waals surface area contributed by atoms with Crippen LogP contribution in [0.15, 0.2) is 12.4 Å². The van der Waals surface area contributed by atoms with Gasteiger partial charge >= 0.3 is 0 Å². The molecule has 0 amide bonds. The quantitative estimate of drug-likeness (QED) is 0.850. The van der Waals surface area contributed by atoms with E-state index < -0.39 is 0 Å². The van der Waals surface area contributed by atoms with E-state index in [-0.39, 0.29) is 0 Å². The molecule has 0 aromatic carbocycles. The third kappa shape index (κ3) is 3.32. The molecular formula is C14H25N3. The van der Waals surface area contributed by atoms with Gasteiger partial charge in [0, 0.05) is 31.9 Å². The van der Waals surface area contributed by atoms with Crippen molar-refractivity contribution in [2.75, 3.05) is 6.54 Å². The maximum atomic E-state index is 4.46. The van der Waals surface area contributed by atoms with Crippen molar-refractivity contribution in [2.45, 2.75) is 51.5 Å². The summed E-state index contributed by atoms with van der Waals surface area (Å²) in [6.45, 7) is 3.26. The lowest BCUT2D eigenvalue weighted by atomic mass is 9.82. The Morgan fingerprint density at radius 2 is 2.18 bits per heavy atom. The van der Waals surface area contributed by atoms with Crippen molar-refractivity contribution in [3.8, 4) is 0 Å². The second kappa shape index (κ2) is 6.20. The molecule has 1 unspecified atom stereocenters. The van der Waals surface area contributed by atoms with Crippen LogP contribution in [0, 0.1) is 5.92 Å². The van der Waals surface area contributed by atoms with E-state index in [4.69, 9.17) is 0 Å². The molecular weight excluding hydrogens is 210 g/mol. The highest BCUT2D eigenvalue weighted by atomic mass is 15.0. The van der Waals surface area contributed by atoms with Gasteiger partial charge in [-0.15, -0.1) is 0 Å². The average Bonchev–Trinajstić information content (AvgIpc) is 2.76. The molecule has 0 radical (unpaired) electrons. The van der Waals surface area contributed by atoms with Crippen molar-refractivity contribution in [3.63, 3.8) is 0 Å². The highest BCUT2D eigenvalue weighted by Crippen LogP contribution is 2.27. The molecule has 1 aromatic heterocycles. The van der Waals surface area contributed by atoms with Crippen LogP contribution in [0.4, 0.5) is 0 Å². The molecule has 1 heterocycles. The van der Waals surface area contributed by atoms with Crippen molar-refractivity contribution in [3.05, 3.63) is 18.2 Å². The van der Waals surface area contributed by atoms with Crippen LogP contribution >= 0.6 is 0 Å². The average molecular weight is 235 g/mol. The Morgan fingerprint density at radius 1 is 1.41 bits per heavy atom. The molecule has 96 valence electrons. The van der Waals surface area contributed by atoms with E-state index >= 15 is 0 Å². The van der Waals surface area contributed by atoms with Crippen LogP contribution in [0.25, 0.3) is 0 Å². The molecule has 1 atom stereocenters. The van der Waals surface area contributed by atoms with E-state index in [1.807, 2.05) is 12.4 Å². The lowest BCUT2D eigenvalue weighted by Gasteiger charge is -2.30. The first-order chi connectivity index (χ1) is 8.31. The zero-order valence-corrected chi connectivity index (χ0v) is 11.2. The van der Waals surface area contributed by atoms with Crippen LogP contribution in [0.5, 0.6) is 0 Å². The summed E-state index contributed by atoms with van der Waals surface area (Å²) < 4.78 is 2.15. The number of nitrogens with one attached hydrogen (secondary N) is 1. The van der Waals surface area contributed by atoms with Gasteiger partial charge in [0.05, 0.1) is 0 Å². The molecule has 17 heavy (non-hydrogen) atoms. The van der Waals surface area contributed by atoms with E-state index in [2.05, 4.69) is 28.8 Å². The molecule has 0 spiro atoms. The SMILES string of the molecule is CCNC(Cc1nccn1C)C1CCCCC1. The number of hydrogen-bond donors (Lipinski definition) is 1. The molecule has 2 rings (SSSR count). The summed E-state index contributed by atoms with van der Waals surface area (Å²) in [6.07, 6.45) is 12.0. The Kier molecular flexibility index (Phi) is 4.60. The van der Waals surface area contributed by atoms with Gasteiger partial charge in [0.1, 0.15) is 5.82 Å². The number of aryl methyl sites for hydroxylation is 1. The Hall–Kier alpha value is -0.830. The predicted octanol–water partition coefficient (Wildman–Crippen LogP) is 2.52. The monoisotopic (exact) mass is 235 g/mol. The Balaban J connectivity index is 1.98. The van der Waals surface area contributed by atoms with Crippen LogP contribution < -0.4 is 5.32 Å². The summed E-state index contributed by atoms with van der Waals surface area (Å²) in [7, 11) is 2.09. The third-order valence-electron chi connectivity index (χ3n) is 4.01. The van der Waals surface area contributed by atoms with Gasteiger partial charge in [-0.1, -0.05) is 26.2 Å². The minimum atomic E-state index is 0.612. The number of hydrogen-bond acceptors (Lipinski definition) is 2. The molecule has 1 aromatic rings. The molecule has 3 heteroatoms. The number of aromatic nitrogens is 2. The maximum absolute atomic E-state index is 4.46. The molecule has 0 aliphatic heterocycles. The van der Waals surface area contributed by atoms with E-state index in [0.29, 0.717) is 6.04 Å². The van der Waals surface area contributed by atoms with Crippen LogP contribution in [-0.4, -0.2) is 22.1 Å². The molecule has 1 aliphatic rings. The molecule has 1 aliphatic carbocycles. The van der Waals surface area contributed by atoms with Crippen LogP contribution in [0.1, 0.15) is 44.9 Å². The minimum absolute atomic E-state index is 0.612. The highest BCUT2D eigenvalue weighted by Gasteiger charge is 2.24. The van der Waals surface area contributed by atoms with Gasteiger partial charge in [-0.2, -0.15) is 0 Å². The Morgan fingerprint density at radius 3 is 2.76 bits per heavy atom. The predicted molar refractivity (Wildman–Crippen MR) is 71.0 cm³/mol. The smallest absolute Gasteiger partial charge is 0.109 e. The number of likely N-dealkylation sites (N-methyl/N-ethyl adjacent to an activating group) is 1. The summed E-state index contributed by atoms with van der Waals surface area (Å²) in [6, 6.07) is 0.612. The molecule has 1 N–H and O–H groups in total. The largest absolute Gasteiger partial charge is 0.338 e. The van der Waals surface area contributed by atoms with E-state index in [0.717, 1.165) is 18.9 Å². The lowest BCUT2D eigenvalue weighted by Crippen LogP contribution is -2.39. The van der Waals surface area contributed by atoms with Crippen LogP contribution in [-0.2, 0) is 13.5 Å². The summed E-state index contributed by atoms with van der Waals surface area (Å²) >= 11 is 0. The van der Waals surface area contributed by atoms with Gasteiger partial charge in [-0.3, -0.25) is 0 Å². The van der Waals surface area contributed by atoms with Gasteiger partial charge in [-0.25, -0.2) is 4.98 Å². The minimum Gasteiger partial charge on any atom is -0.338 e. The van der Waals surface area contributed by atoms with Gasteiger partial charge in [0.25, 0.3) is 0 Å². The Bertz CT molecular complexity index is 326. The van der Waals surface area contributed by atoms with Crippen molar-refractivity contribution in [1.29, 1.82) is 0 Å². The van der Waals surface area contributed by atoms with E-state index in [9.17, 15) is 0 Å². The summed E-state index contributed by atoms with van der Waals surface area (Å²) in [5, 5.41) is 3.66. The van der Waals surface area contributed by atoms with Gasteiger partial charge in [-0.05, 0) is 25.3 Å².